The van der Waals surface area contributed by atoms with Crippen molar-refractivity contribution in [3.63, 3.8) is 0 Å². The van der Waals surface area contributed by atoms with Gasteiger partial charge in [-0.05, 0) is 124 Å². The largest absolute Gasteiger partial charge is 0.369 e. The zero-order chi connectivity index (χ0) is 43.4. The van der Waals surface area contributed by atoms with Crippen LogP contribution in [0, 0.1) is 0 Å². The SMILES string of the molecule is CN1CCC2(c3cccc4c3NC3N(C)CCC43c3cccc4c3NC3N(C)CCC43c3cccc4c3NC3N(C)CCC43C34CCN(C)C3Nc3ccccc34)c3ccccc3NC12. The fourth-order valence-corrected chi connectivity index (χ4v) is 17.3. The molecule has 0 aromatic heterocycles. The van der Waals surface area contributed by atoms with Gasteiger partial charge in [-0.3, -0.25) is 24.5 Å². The van der Waals surface area contributed by atoms with Crippen molar-refractivity contribution in [2.75, 3.05) is 94.5 Å². The number of rotatable bonds is 4. The van der Waals surface area contributed by atoms with Gasteiger partial charge in [0.25, 0.3) is 0 Å². The zero-order valence-electron chi connectivity index (χ0n) is 38.5. The number of likely N-dealkylation sites (tertiary alicyclic amines) is 5. The Hall–Kier alpha value is -5.10. The summed E-state index contributed by atoms with van der Waals surface area (Å²) in [7, 11) is 11.7. The molecule has 5 saturated heterocycles. The molecular weight excluding hydrogens is 801 g/mol. The van der Waals surface area contributed by atoms with Gasteiger partial charge in [0.05, 0.1) is 47.1 Å². The highest BCUT2D eigenvalue weighted by Gasteiger charge is 2.72. The predicted octanol–water partition coefficient (Wildman–Crippen LogP) is 7.16. The van der Waals surface area contributed by atoms with Gasteiger partial charge in [0.15, 0.2) is 0 Å². The predicted molar refractivity (Wildman–Crippen MR) is 261 cm³/mol. The Morgan fingerprint density at radius 2 is 0.631 bits per heavy atom. The highest BCUT2D eigenvalue weighted by Crippen LogP contribution is 2.69. The molecule has 5 aromatic rings. The smallest absolute Gasteiger partial charge is 0.0933 e. The van der Waals surface area contributed by atoms with E-state index in [2.05, 4.69) is 189 Å². The van der Waals surface area contributed by atoms with Gasteiger partial charge in [0.1, 0.15) is 0 Å². The van der Waals surface area contributed by atoms with Gasteiger partial charge < -0.3 is 26.6 Å². The number of fused-ring (bicyclic) bond motifs is 16. The van der Waals surface area contributed by atoms with Crippen LogP contribution in [0.25, 0.3) is 0 Å². The molecule has 5 N–H and O–H groups in total. The normalized spacial score (nSPS) is 38.1. The lowest BCUT2D eigenvalue weighted by Gasteiger charge is -2.48. The lowest BCUT2D eigenvalue weighted by molar-refractivity contribution is 0.147. The van der Waals surface area contributed by atoms with Crippen LogP contribution in [0.3, 0.4) is 0 Å². The van der Waals surface area contributed by atoms with Gasteiger partial charge in [-0.1, -0.05) is 91.0 Å². The van der Waals surface area contributed by atoms with Crippen LogP contribution >= 0.6 is 0 Å². The Balaban J connectivity index is 0.915. The first-order chi connectivity index (χ1) is 31.7. The maximum absolute atomic E-state index is 4.41. The standard InChI is InChI=1S/C55H62N10/c1-61-28-23-51(33-13-6-8-21-41(33)56-46(51)61)35-15-10-16-36-43(35)58-47-52(36,24-29-62(47)2)37-17-11-18-38-44(37)59-48-53(38,25-30-63(48)3)39-19-12-20-40-45(39)60-50-55(40,27-32-65(50)5)54-26-31-64(4)49(54)57-42-22-9-7-14-34(42)54/h6-22,46-50,56-60H,23-32H2,1-5H3. The first-order valence-corrected chi connectivity index (χ1v) is 24.6. The highest BCUT2D eigenvalue weighted by atomic mass is 15.4. The first kappa shape index (κ1) is 38.1. The van der Waals surface area contributed by atoms with E-state index in [0.29, 0.717) is 0 Å². The van der Waals surface area contributed by atoms with Crippen molar-refractivity contribution in [1.82, 2.24) is 24.5 Å². The molecule has 5 fully saturated rings. The molecule has 0 spiro atoms. The number of hydrogen-bond acceptors (Lipinski definition) is 10. The minimum atomic E-state index is -0.223. The summed E-state index contributed by atoms with van der Waals surface area (Å²) in [5.74, 6) is 0. The van der Waals surface area contributed by atoms with E-state index in [0.717, 1.165) is 64.8 Å². The van der Waals surface area contributed by atoms with Crippen molar-refractivity contribution in [3.05, 3.63) is 148 Å². The molecule has 0 aliphatic carbocycles. The van der Waals surface area contributed by atoms with E-state index in [4.69, 9.17) is 0 Å². The van der Waals surface area contributed by atoms with Gasteiger partial charge >= 0.3 is 0 Å². The van der Waals surface area contributed by atoms with Gasteiger partial charge in [-0.2, -0.15) is 0 Å². The van der Waals surface area contributed by atoms with Gasteiger partial charge in [0, 0.05) is 72.0 Å². The number of hydrogen-bond donors (Lipinski definition) is 5. The molecule has 5 aromatic carbocycles. The van der Waals surface area contributed by atoms with Crippen molar-refractivity contribution < 1.29 is 0 Å². The Kier molecular flexibility index (Phi) is 7.29. The highest BCUT2D eigenvalue weighted by molar-refractivity contribution is 5.83. The van der Waals surface area contributed by atoms with Crippen molar-refractivity contribution in [3.8, 4) is 0 Å². The Morgan fingerprint density at radius 3 is 1.15 bits per heavy atom. The number of likely N-dealkylation sites (N-methyl/N-ethyl adjacent to an activating group) is 5. The molecule has 10 unspecified atom stereocenters. The first-order valence-electron chi connectivity index (χ1n) is 24.6. The molecule has 65 heavy (non-hydrogen) atoms. The number of para-hydroxylation sites is 5. The zero-order valence-corrected chi connectivity index (χ0v) is 38.5. The lowest BCUT2D eigenvalue weighted by Crippen LogP contribution is -2.60. The minimum Gasteiger partial charge on any atom is -0.369 e. The van der Waals surface area contributed by atoms with E-state index in [-0.39, 0.29) is 57.9 Å². The third-order valence-corrected chi connectivity index (χ3v) is 19.9. The maximum Gasteiger partial charge on any atom is 0.0933 e. The topological polar surface area (TPSA) is 76.4 Å². The Morgan fingerprint density at radius 1 is 0.323 bits per heavy atom. The average molecular weight is 863 g/mol. The summed E-state index contributed by atoms with van der Waals surface area (Å²) in [6, 6.07) is 40.6. The fourth-order valence-electron chi connectivity index (χ4n) is 17.3. The van der Waals surface area contributed by atoms with Gasteiger partial charge in [0.2, 0.25) is 0 Å². The molecule has 15 rings (SSSR count). The van der Waals surface area contributed by atoms with E-state index in [1.807, 2.05) is 0 Å². The van der Waals surface area contributed by atoms with E-state index < -0.39 is 0 Å². The van der Waals surface area contributed by atoms with Crippen LogP contribution in [0.2, 0.25) is 0 Å². The summed E-state index contributed by atoms with van der Waals surface area (Å²) in [5, 5.41) is 21.2. The summed E-state index contributed by atoms with van der Waals surface area (Å²) >= 11 is 0. The molecule has 10 aliphatic heterocycles. The molecule has 10 aliphatic rings. The van der Waals surface area contributed by atoms with Crippen LogP contribution in [-0.2, 0) is 27.1 Å². The quantitative estimate of drug-likeness (QED) is 0.129. The van der Waals surface area contributed by atoms with Gasteiger partial charge in [-0.25, -0.2) is 0 Å². The van der Waals surface area contributed by atoms with Crippen molar-refractivity contribution in [2.45, 2.75) is 90.0 Å². The van der Waals surface area contributed by atoms with Crippen molar-refractivity contribution in [1.29, 1.82) is 0 Å². The summed E-state index contributed by atoms with van der Waals surface area (Å²) in [6.45, 7) is 5.34. The third kappa shape index (κ3) is 4.09. The molecule has 0 radical (unpaired) electrons. The molecule has 0 saturated carbocycles. The number of nitrogens with one attached hydrogen (secondary N) is 5. The number of nitrogens with zero attached hydrogens (tertiary/aromatic N) is 5. The van der Waals surface area contributed by atoms with Crippen LogP contribution in [-0.4, -0.2) is 123 Å². The average Bonchev–Trinajstić information content (AvgIpc) is 4.21. The Bertz CT molecular complexity index is 2880. The molecular formula is C55H62N10. The van der Waals surface area contributed by atoms with Crippen LogP contribution in [0.4, 0.5) is 28.4 Å². The molecule has 10 atom stereocenters. The molecule has 332 valence electrons. The van der Waals surface area contributed by atoms with Crippen LogP contribution in [0.1, 0.15) is 76.6 Å². The molecule has 10 nitrogen and oxygen atoms in total. The molecule has 0 bridgehead atoms. The summed E-state index contributed by atoms with van der Waals surface area (Å²) in [5.41, 5.74) is 17.8. The number of benzene rings is 5. The summed E-state index contributed by atoms with van der Waals surface area (Å²) in [4.78, 5) is 13.0. The summed E-state index contributed by atoms with van der Waals surface area (Å²) in [6.07, 6.45) is 6.50. The van der Waals surface area contributed by atoms with Crippen LogP contribution in [0.5, 0.6) is 0 Å². The van der Waals surface area contributed by atoms with Crippen LogP contribution in [0.15, 0.2) is 103 Å². The minimum absolute atomic E-state index is 0.0539. The fraction of sp³-hybridized carbons (Fsp3) is 0.455. The Labute approximate surface area is 383 Å². The third-order valence-electron chi connectivity index (χ3n) is 19.9. The molecule has 0 amide bonds. The molecule has 10 heteroatoms. The van der Waals surface area contributed by atoms with E-state index in [1.54, 1.807) is 0 Å². The number of anilines is 5. The second-order valence-electron chi connectivity index (χ2n) is 22.0. The van der Waals surface area contributed by atoms with Crippen molar-refractivity contribution >= 4 is 28.4 Å². The second-order valence-corrected chi connectivity index (χ2v) is 22.0. The summed E-state index contributed by atoms with van der Waals surface area (Å²) < 4.78 is 0. The second kappa shape index (κ2) is 12.5. The van der Waals surface area contributed by atoms with E-state index in [9.17, 15) is 0 Å². The van der Waals surface area contributed by atoms with E-state index in [1.165, 1.54) is 72.9 Å². The van der Waals surface area contributed by atoms with Gasteiger partial charge in [-0.15, -0.1) is 0 Å². The molecule has 10 heterocycles. The monoisotopic (exact) mass is 863 g/mol. The van der Waals surface area contributed by atoms with E-state index >= 15 is 0 Å². The van der Waals surface area contributed by atoms with Crippen LogP contribution < -0.4 is 26.6 Å². The maximum atomic E-state index is 4.41. The van der Waals surface area contributed by atoms with Crippen molar-refractivity contribution in [2.24, 2.45) is 0 Å². The lowest BCUT2D eigenvalue weighted by atomic mass is 9.54.